The largest absolute Gasteiger partial charge is 0.487 e. The summed E-state index contributed by atoms with van der Waals surface area (Å²) in [4.78, 5) is 17.2. The van der Waals surface area contributed by atoms with Crippen LogP contribution in [0.4, 0.5) is 30.5 Å². The lowest BCUT2D eigenvalue weighted by atomic mass is 10.1. The molecule has 1 amide bonds. The molecule has 4 rings (SSSR count). The van der Waals surface area contributed by atoms with Crippen LogP contribution in [0.25, 0.3) is 11.3 Å². The number of anilines is 3. The SMILES string of the molecule is C[Si](C)(C)CCOCn1nc(-c2ccc(NS(=O)(=O)CC(F)(F)F)c(OCc3ccc(Cl)cc3)c2)c(C(N)=O)c1Nc1ccccn1. The number of alkyl halides is 3. The van der Waals surface area contributed by atoms with Crippen molar-refractivity contribution >= 4 is 52.9 Å². The number of nitrogens with two attached hydrogens (primary N) is 1. The van der Waals surface area contributed by atoms with Gasteiger partial charge in [-0.15, -0.1) is 0 Å². The second kappa shape index (κ2) is 14.7. The summed E-state index contributed by atoms with van der Waals surface area (Å²) in [7, 11) is -6.27. The van der Waals surface area contributed by atoms with E-state index >= 15 is 0 Å². The van der Waals surface area contributed by atoms with Gasteiger partial charge in [0.25, 0.3) is 5.91 Å². The van der Waals surface area contributed by atoms with Crippen molar-refractivity contribution in [3.05, 3.63) is 83.0 Å². The molecule has 0 atom stereocenters. The fourth-order valence-corrected chi connectivity index (χ4v) is 6.13. The Morgan fingerprint density at radius 2 is 1.81 bits per heavy atom. The zero-order valence-electron chi connectivity index (χ0n) is 25.8. The number of halogens is 4. The number of ether oxygens (including phenoxy) is 2. The predicted molar refractivity (Wildman–Crippen MR) is 177 cm³/mol. The van der Waals surface area contributed by atoms with Crippen molar-refractivity contribution in [2.24, 2.45) is 5.73 Å². The zero-order valence-corrected chi connectivity index (χ0v) is 28.3. The van der Waals surface area contributed by atoms with E-state index in [4.69, 9.17) is 26.8 Å². The lowest BCUT2D eigenvalue weighted by Gasteiger charge is -2.16. The van der Waals surface area contributed by atoms with Crippen LogP contribution >= 0.6 is 11.6 Å². The van der Waals surface area contributed by atoms with E-state index in [1.807, 2.05) is 4.72 Å². The average molecular weight is 711 g/mol. The molecule has 0 unspecified atom stereocenters. The number of hydrogen-bond donors (Lipinski definition) is 3. The number of benzene rings is 2. The lowest BCUT2D eigenvalue weighted by molar-refractivity contribution is -0.106. The maximum Gasteiger partial charge on any atom is 0.404 e. The van der Waals surface area contributed by atoms with Gasteiger partial charge in [-0.1, -0.05) is 55.5 Å². The van der Waals surface area contributed by atoms with Crippen molar-refractivity contribution in [3.63, 3.8) is 0 Å². The first kappa shape index (κ1) is 35.7. The van der Waals surface area contributed by atoms with Crippen LogP contribution in [-0.4, -0.2) is 55.7 Å². The Hall–Kier alpha value is -4.12. The molecule has 0 aliphatic carbocycles. The Bertz CT molecular complexity index is 1800. The molecule has 0 saturated carbocycles. The van der Waals surface area contributed by atoms with E-state index in [2.05, 4.69) is 35.0 Å². The third-order valence-electron chi connectivity index (χ3n) is 6.50. The Morgan fingerprint density at radius 3 is 2.43 bits per heavy atom. The van der Waals surface area contributed by atoms with Crippen LogP contribution in [-0.2, 0) is 28.1 Å². The molecule has 252 valence electrons. The topological polar surface area (TPSA) is 150 Å². The summed E-state index contributed by atoms with van der Waals surface area (Å²) in [5.74, 6) is -2.48. The second-order valence-electron chi connectivity index (χ2n) is 11.7. The number of hydrogen-bond acceptors (Lipinski definition) is 8. The van der Waals surface area contributed by atoms with Crippen LogP contribution in [0.3, 0.4) is 0 Å². The molecule has 0 saturated heterocycles. The van der Waals surface area contributed by atoms with Gasteiger partial charge >= 0.3 is 6.18 Å². The first-order valence-electron chi connectivity index (χ1n) is 14.2. The van der Waals surface area contributed by atoms with Crippen molar-refractivity contribution < 1.29 is 35.9 Å². The van der Waals surface area contributed by atoms with Crippen LogP contribution in [0.1, 0.15) is 15.9 Å². The van der Waals surface area contributed by atoms with Crippen molar-refractivity contribution in [2.45, 2.75) is 45.2 Å². The molecule has 4 aromatic rings. The first-order valence-corrected chi connectivity index (χ1v) is 20.0. The zero-order chi connectivity index (χ0) is 34.4. The molecule has 0 fully saturated rings. The molecule has 4 N–H and O–H groups in total. The minimum atomic E-state index is -4.98. The van der Waals surface area contributed by atoms with Gasteiger partial charge in [0.05, 0.1) is 5.69 Å². The maximum absolute atomic E-state index is 13.0. The van der Waals surface area contributed by atoms with E-state index in [1.54, 1.807) is 48.7 Å². The van der Waals surface area contributed by atoms with Crippen LogP contribution < -0.4 is 20.5 Å². The molecule has 11 nitrogen and oxygen atoms in total. The Kier molecular flexibility index (Phi) is 11.2. The van der Waals surface area contributed by atoms with Crippen LogP contribution in [0, 0.1) is 0 Å². The number of pyridine rings is 1. The van der Waals surface area contributed by atoms with Crippen LogP contribution in [0.5, 0.6) is 5.75 Å². The van der Waals surface area contributed by atoms with Gasteiger partial charge in [-0.25, -0.2) is 18.1 Å². The summed E-state index contributed by atoms with van der Waals surface area (Å²) in [6.07, 6.45) is -3.42. The fraction of sp³-hybridized carbons (Fsp3) is 0.300. The Labute approximate surface area is 276 Å². The fourth-order valence-electron chi connectivity index (χ4n) is 4.24. The molecular formula is C30H34ClF3N6O5SSi. The van der Waals surface area contributed by atoms with Gasteiger partial charge < -0.3 is 20.5 Å². The monoisotopic (exact) mass is 710 g/mol. The highest BCUT2D eigenvalue weighted by Gasteiger charge is 2.35. The highest BCUT2D eigenvalue weighted by Crippen LogP contribution is 2.36. The molecule has 2 heterocycles. The van der Waals surface area contributed by atoms with Gasteiger partial charge in [-0.2, -0.15) is 18.3 Å². The maximum atomic E-state index is 13.0. The lowest BCUT2D eigenvalue weighted by Crippen LogP contribution is -2.28. The molecule has 0 aliphatic rings. The number of carbonyl (C=O) groups is 1. The van der Waals surface area contributed by atoms with Crippen LogP contribution in [0.2, 0.25) is 30.7 Å². The minimum absolute atomic E-state index is 0.0292. The minimum Gasteiger partial charge on any atom is -0.487 e. The van der Waals surface area contributed by atoms with E-state index in [-0.39, 0.29) is 47.4 Å². The van der Waals surface area contributed by atoms with Gasteiger partial charge in [0.2, 0.25) is 10.0 Å². The molecule has 0 bridgehead atoms. The van der Waals surface area contributed by atoms with Crippen molar-refractivity contribution in [1.29, 1.82) is 0 Å². The number of rotatable bonds is 15. The molecule has 47 heavy (non-hydrogen) atoms. The number of sulfonamides is 1. The highest BCUT2D eigenvalue weighted by atomic mass is 35.5. The number of primary amides is 1. The van der Waals surface area contributed by atoms with Gasteiger partial charge in [0.1, 0.15) is 42.0 Å². The normalized spacial score (nSPS) is 12.1. The first-order chi connectivity index (χ1) is 22.0. The van der Waals surface area contributed by atoms with Crippen molar-refractivity contribution in [3.8, 4) is 17.0 Å². The smallest absolute Gasteiger partial charge is 0.404 e. The molecular weight excluding hydrogens is 677 g/mol. The molecule has 17 heteroatoms. The van der Waals surface area contributed by atoms with E-state index in [1.165, 1.54) is 22.9 Å². The molecule has 2 aromatic heterocycles. The average Bonchev–Trinajstić information content (AvgIpc) is 3.32. The third kappa shape index (κ3) is 10.7. The number of nitrogens with one attached hydrogen (secondary N) is 2. The summed E-state index contributed by atoms with van der Waals surface area (Å²) in [5, 5.41) is 8.16. The molecule has 0 radical (unpaired) electrons. The van der Waals surface area contributed by atoms with Crippen LogP contribution in [0.15, 0.2) is 66.9 Å². The Balaban J connectivity index is 1.78. The van der Waals surface area contributed by atoms with Gasteiger partial charge in [-0.3, -0.25) is 9.52 Å². The van der Waals surface area contributed by atoms with E-state index in [0.29, 0.717) is 23.0 Å². The summed E-state index contributed by atoms with van der Waals surface area (Å²) < 4.78 is 78.9. The number of amides is 1. The summed E-state index contributed by atoms with van der Waals surface area (Å²) >= 11 is 5.96. The van der Waals surface area contributed by atoms with Gasteiger partial charge in [0.15, 0.2) is 5.75 Å². The van der Waals surface area contributed by atoms with E-state index in [9.17, 15) is 26.4 Å². The number of aromatic nitrogens is 3. The van der Waals surface area contributed by atoms with Gasteiger partial charge in [0, 0.05) is 31.5 Å². The second-order valence-corrected chi connectivity index (χ2v) is 19.5. The standard InChI is InChI=1S/C30H34ClF3N6O5SSi/c1-47(2,3)15-14-44-19-40-29(37-25-6-4-5-13-36-25)26(28(35)41)27(38-40)21-9-12-23(39-46(42,43)18-30(32,33)34)24(16-21)45-17-20-7-10-22(31)11-8-20/h4-13,16,39H,14-15,17-19H2,1-3H3,(H2,35,41)(H,36,37). The number of carbonyl (C=O) groups excluding carboxylic acids is 1. The quantitative estimate of drug-likeness (QED) is 0.0919. The van der Waals surface area contributed by atoms with E-state index in [0.717, 1.165) is 6.04 Å². The van der Waals surface area contributed by atoms with Crippen molar-refractivity contribution in [2.75, 3.05) is 22.4 Å². The molecule has 0 aliphatic heterocycles. The third-order valence-corrected chi connectivity index (χ3v) is 9.70. The highest BCUT2D eigenvalue weighted by molar-refractivity contribution is 7.92. The molecule has 0 spiro atoms. The van der Waals surface area contributed by atoms with E-state index < -0.39 is 35.9 Å². The summed E-state index contributed by atoms with van der Waals surface area (Å²) in [5.41, 5.74) is 6.56. The predicted octanol–water partition coefficient (Wildman–Crippen LogP) is 6.64. The Morgan fingerprint density at radius 1 is 1.09 bits per heavy atom. The number of nitrogens with zero attached hydrogens (tertiary/aromatic N) is 3. The van der Waals surface area contributed by atoms with Crippen molar-refractivity contribution in [1.82, 2.24) is 14.8 Å². The van der Waals surface area contributed by atoms with Gasteiger partial charge in [-0.05, 0) is 48.0 Å². The summed E-state index contributed by atoms with van der Waals surface area (Å²) in [6, 6.07) is 16.6. The summed E-state index contributed by atoms with van der Waals surface area (Å²) in [6.45, 7) is 6.94. The molecule has 2 aromatic carbocycles.